The molecule has 0 aliphatic rings. The van der Waals surface area contributed by atoms with Gasteiger partial charge in [-0.2, -0.15) is 0 Å². The molecular weight excluding hydrogens is 608 g/mol. The summed E-state index contributed by atoms with van der Waals surface area (Å²) < 4.78 is 1.24. The highest BCUT2D eigenvalue weighted by molar-refractivity contribution is 9.10. The second-order valence-corrected chi connectivity index (χ2v) is 15.2. The van der Waals surface area contributed by atoms with Crippen LogP contribution in [0.3, 0.4) is 0 Å². The average molecular weight is 672 g/mol. The third-order valence-corrected chi connectivity index (χ3v) is 7.95. The molecule has 0 aliphatic carbocycles. The van der Waals surface area contributed by atoms with Gasteiger partial charge in [-0.3, -0.25) is 0 Å². The summed E-state index contributed by atoms with van der Waals surface area (Å²) in [5.74, 6) is 3.01. The van der Waals surface area contributed by atoms with Crippen LogP contribution in [0.1, 0.15) is 99.9 Å². The molecule has 0 bridgehead atoms. The minimum atomic E-state index is 0.725. The molecule has 0 radical (unpaired) electrons. The fourth-order valence-corrected chi connectivity index (χ4v) is 5.56. The summed E-state index contributed by atoms with van der Waals surface area (Å²) in [6.45, 7) is 26.6. The lowest BCUT2D eigenvalue weighted by molar-refractivity contribution is 0.644. The van der Waals surface area contributed by atoms with Crippen LogP contribution in [0.2, 0.25) is 0 Å². The van der Waals surface area contributed by atoms with Crippen LogP contribution in [0.5, 0.6) is 0 Å². The second kappa shape index (κ2) is 22.0. The van der Waals surface area contributed by atoms with E-state index in [9.17, 15) is 0 Å². The van der Waals surface area contributed by atoms with E-state index >= 15 is 0 Å². The Morgan fingerprint density at radius 2 is 0.867 bits per heavy atom. The van der Waals surface area contributed by atoms with Crippen LogP contribution in [0.25, 0.3) is 0 Å². The van der Waals surface area contributed by atoms with Crippen LogP contribution in [-0.2, 0) is 25.7 Å². The Hall–Kier alpha value is -2.64. The molecule has 0 atom stereocenters. The standard InChI is InChI=1S/C12H18.C11H15Br.C11H16.C10H14/c1-9(2)7-12-8-10(3)5-6-11(12)4;1-8(2)6-10-7-9(3)4-5-11(10)12;1-9(2)7-11-6-4-5-10(3)8-11;1-9(2)8-10-6-4-3-5-7-10/h5-6,8-9H,7H2,1-4H3;4-5,7-8H,6H2,1-3H3;4-6,8-9H,7H2,1-3H3;3-7,9H,8H2,1-2H3. The van der Waals surface area contributed by atoms with Gasteiger partial charge in [-0.15, -0.1) is 0 Å². The predicted octanol–water partition coefficient (Wildman–Crippen LogP) is 13.5. The molecule has 4 aromatic rings. The molecule has 0 saturated carbocycles. The molecule has 4 aromatic carbocycles. The van der Waals surface area contributed by atoms with E-state index in [4.69, 9.17) is 0 Å². The minimum Gasteiger partial charge on any atom is -0.0625 e. The molecule has 0 aliphatic heterocycles. The van der Waals surface area contributed by atoms with E-state index in [2.05, 4.69) is 190 Å². The smallest absolute Gasteiger partial charge is 0.0207 e. The normalized spacial score (nSPS) is 10.6. The predicted molar refractivity (Wildman–Crippen MR) is 207 cm³/mol. The first-order valence-corrected chi connectivity index (χ1v) is 17.9. The lowest BCUT2D eigenvalue weighted by Gasteiger charge is -2.09. The van der Waals surface area contributed by atoms with Gasteiger partial charge < -0.3 is 0 Å². The molecule has 45 heavy (non-hydrogen) atoms. The Bertz CT molecular complexity index is 1290. The highest BCUT2D eigenvalue weighted by Crippen LogP contribution is 2.21. The number of hydrogen-bond donors (Lipinski definition) is 0. The van der Waals surface area contributed by atoms with Crippen LogP contribution in [-0.4, -0.2) is 0 Å². The molecule has 0 amide bonds. The van der Waals surface area contributed by atoms with Crippen LogP contribution in [0.15, 0.2) is 95.5 Å². The Kier molecular flexibility index (Phi) is 19.7. The third kappa shape index (κ3) is 19.5. The molecule has 1 heteroatoms. The van der Waals surface area contributed by atoms with Crippen LogP contribution in [0, 0.1) is 51.4 Å². The molecule has 0 heterocycles. The van der Waals surface area contributed by atoms with E-state index in [0.29, 0.717) is 0 Å². The van der Waals surface area contributed by atoms with Crippen molar-refractivity contribution >= 4 is 15.9 Å². The van der Waals surface area contributed by atoms with Crippen molar-refractivity contribution in [2.45, 2.75) is 109 Å². The Morgan fingerprint density at radius 3 is 1.40 bits per heavy atom. The summed E-state index contributed by atoms with van der Waals surface area (Å²) >= 11 is 3.56. The summed E-state index contributed by atoms with van der Waals surface area (Å²) in [5.41, 5.74) is 11.3. The number of rotatable bonds is 8. The topological polar surface area (TPSA) is 0 Å². The number of halogens is 1. The Balaban J connectivity index is 0.000000301. The maximum Gasteiger partial charge on any atom is 0.0207 e. The van der Waals surface area contributed by atoms with Crippen molar-refractivity contribution in [3.05, 3.63) is 140 Å². The van der Waals surface area contributed by atoms with Crippen LogP contribution in [0.4, 0.5) is 0 Å². The molecule has 0 N–H and O–H groups in total. The third-order valence-electron chi connectivity index (χ3n) is 7.18. The monoisotopic (exact) mass is 670 g/mol. The molecule has 0 fully saturated rings. The van der Waals surface area contributed by atoms with Crippen LogP contribution >= 0.6 is 15.9 Å². The first kappa shape index (κ1) is 40.4. The van der Waals surface area contributed by atoms with E-state index in [1.807, 2.05) is 0 Å². The second-order valence-electron chi connectivity index (χ2n) is 14.4. The largest absolute Gasteiger partial charge is 0.0625 e. The highest BCUT2D eigenvalue weighted by Gasteiger charge is 2.03. The maximum absolute atomic E-state index is 3.56. The van der Waals surface area contributed by atoms with Crippen LogP contribution < -0.4 is 0 Å². The maximum atomic E-state index is 3.56. The summed E-state index contributed by atoms with van der Waals surface area (Å²) in [7, 11) is 0. The fourth-order valence-electron chi connectivity index (χ4n) is 5.16. The molecule has 0 nitrogen and oxygen atoms in total. The van der Waals surface area contributed by atoms with Gasteiger partial charge in [-0.25, -0.2) is 0 Å². The Morgan fingerprint density at radius 1 is 0.422 bits per heavy atom. The number of aryl methyl sites for hydroxylation is 4. The van der Waals surface area contributed by atoms with Crippen molar-refractivity contribution in [2.75, 3.05) is 0 Å². The van der Waals surface area contributed by atoms with Gasteiger partial charge in [0.05, 0.1) is 0 Å². The average Bonchev–Trinajstić information content (AvgIpc) is 2.93. The van der Waals surface area contributed by atoms with E-state index in [1.54, 1.807) is 0 Å². The number of hydrogen-bond acceptors (Lipinski definition) is 0. The van der Waals surface area contributed by atoms with Gasteiger partial charge >= 0.3 is 0 Å². The number of benzene rings is 4. The SMILES string of the molecule is CC(C)Cc1ccccc1.Cc1ccc(Br)c(CC(C)C)c1.Cc1ccc(C)c(CC(C)C)c1.Cc1cccc(CC(C)C)c1. The van der Waals surface area contributed by atoms with Gasteiger partial charge in [0.1, 0.15) is 0 Å². The summed E-state index contributed by atoms with van der Waals surface area (Å²) in [6.07, 6.45) is 4.75. The quantitative estimate of drug-likeness (QED) is 0.175. The fraction of sp³-hybridized carbons (Fsp3) is 0.455. The van der Waals surface area contributed by atoms with E-state index < -0.39 is 0 Å². The van der Waals surface area contributed by atoms with E-state index in [0.717, 1.165) is 30.1 Å². The van der Waals surface area contributed by atoms with Gasteiger partial charge in [0.2, 0.25) is 0 Å². The zero-order valence-electron chi connectivity index (χ0n) is 30.7. The van der Waals surface area contributed by atoms with Crippen molar-refractivity contribution in [2.24, 2.45) is 23.7 Å². The van der Waals surface area contributed by atoms with E-state index in [-0.39, 0.29) is 0 Å². The zero-order chi connectivity index (χ0) is 33.9. The zero-order valence-corrected chi connectivity index (χ0v) is 32.3. The van der Waals surface area contributed by atoms with Gasteiger partial charge in [0, 0.05) is 4.47 Å². The molecule has 0 spiro atoms. The first-order valence-electron chi connectivity index (χ1n) is 17.1. The molecule has 0 unspecified atom stereocenters. The van der Waals surface area contributed by atoms with Crippen molar-refractivity contribution in [3.63, 3.8) is 0 Å². The van der Waals surface area contributed by atoms with Gasteiger partial charge in [-0.05, 0) is 111 Å². The molecule has 246 valence electrons. The summed E-state index contributed by atoms with van der Waals surface area (Å²) in [4.78, 5) is 0. The highest BCUT2D eigenvalue weighted by atomic mass is 79.9. The lowest BCUT2D eigenvalue weighted by Crippen LogP contribution is -1.96. The van der Waals surface area contributed by atoms with Crippen molar-refractivity contribution in [1.82, 2.24) is 0 Å². The minimum absolute atomic E-state index is 0.725. The molecule has 0 saturated heterocycles. The lowest BCUT2D eigenvalue weighted by atomic mass is 9.97. The van der Waals surface area contributed by atoms with Crippen molar-refractivity contribution in [1.29, 1.82) is 0 Å². The molecule has 4 rings (SSSR count). The first-order chi connectivity index (χ1) is 21.2. The van der Waals surface area contributed by atoms with Crippen molar-refractivity contribution < 1.29 is 0 Å². The summed E-state index contributed by atoms with van der Waals surface area (Å²) in [6, 6.07) is 32.6. The van der Waals surface area contributed by atoms with Gasteiger partial charge in [0.15, 0.2) is 0 Å². The molecule has 0 aromatic heterocycles. The molecular formula is C44H63Br. The van der Waals surface area contributed by atoms with Gasteiger partial charge in [-0.1, -0.05) is 173 Å². The van der Waals surface area contributed by atoms with E-state index in [1.165, 1.54) is 68.2 Å². The Labute approximate surface area is 287 Å². The van der Waals surface area contributed by atoms with Gasteiger partial charge in [0.25, 0.3) is 0 Å². The summed E-state index contributed by atoms with van der Waals surface area (Å²) in [5, 5.41) is 0. The van der Waals surface area contributed by atoms with Crippen molar-refractivity contribution in [3.8, 4) is 0 Å².